The second-order valence-electron chi connectivity index (χ2n) is 7.91. The van der Waals surface area contributed by atoms with E-state index in [1.165, 1.54) is 12.1 Å². The van der Waals surface area contributed by atoms with Crippen LogP contribution in [-0.2, 0) is 0 Å². The van der Waals surface area contributed by atoms with Gasteiger partial charge >= 0.3 is 0 Å². The monoisotopic (exact) mass is 447 g/mol. The molecule has 1 aliphatic heterocycles. The number of anilines is 1. The Bertz CT molecular complexity index is 806. The highest BCUT2D eigenvalue weighted by atomic mass is 32.2. The smallest absolute Gasteiger partial charge is 0.251 e. The molecule has 0 aromatic heterocycles. The summed E-state index contributed by atoms with van der Waals surface area (Å²) >= 11 is 3.37. The lowest BCUT2D eigenvalue weighted by atomic mass is 10.1. The number of nitrogens with one attached hydrogen (secondary N) is 1. The number of hydrogen-bond acceptors (Lipinski definition) is 5. The summed E-state index contributed by atoms with van der Waals surface area (Å²) in [6.07, 6.45) is 4.07. The Morgan fingerprint density at radius 3 is 2.33 bits per heavy atom. The Labute approximate surface area is 187 Å². The van der Waals surface area contributed by atoms with Crippen LogP contribution in [0.5, 0.6) is 0 Å². The third-order valence-electron chi connectivity index (χ3n) is 5.03. The molecular weight excluding hydrogens is 417 g/mol. The van der Waals surface area contributed by atoms with Crippen LogP contribution < -0.4 is 9.62 Å². The van der Waals surface area contributed by atoms with E-state index in [2.05, 4.69) is 34.0 Å². The minimum Gasteiger partial charge on any atom is -0.349 e. The van der Waals surface area contributed by atoms with Crippen LogP contribution in [0.3, 0.4) is 0 Å². The van der Waals surface area contributed by atoms with Crippen LogP contribution in [0, 0.1) is 11.7 Å². The molecule has 2 aromatic carbocycles. The maximum absolute atomic E-state index is 13.3. The molecule has 30 heavy (non-hydrogen) atoms. The van der Waals surface area contributed by atoms with Gasteiger partial charge in [-0.25, -0.2) is 4.39 Å². The third-order valence-corrected chi connectivity index (χ3v) is 6.97. The largest absolute Gasteiger partial charge is 0.349 e. The van der Waals surface area contributed by atoms with Gasteiger partial charge in [-0.1, -0.05) is 25.8 Å². The van der Waals surface area contributed by atoms with Gasteiger partial charge in [0, 0.05) is 41.8 Å². The van der Waals surface area contributed by atoms with Crippen LogP contribution in [0.2, 0.25) is 0 Å². The molecule has 7 heteroatoms. The van der Waals surface area contributed by atoms with Gasteiger partial charge in [0.25, 0.3) is 5.91 Å². The first-order valence-corrected chi connectivity index (χ1v) is 12.3. The molecule has 0 radical (unpaired) electrons. The Kier molecular flexibility index (Phi) is 8.48. The van der Waals surface area contributed by atoms with Gasteiger partial charge in [-0.3, -0.25) is 9.10 Å². The van der Waals surface area contributed by atoms with Crippen molar-refractivity contribution in [2.45, 2.75) is 37.6 Å². The van der Waals surface area contributed by atoms with Crippen molar-refractivity contribution in [1.29, 1.82) is 0 Å². The van der Waals surface area contributed by atoms with E-state index in [0.29, 0.717) is 11.5 Å². The van der Waals surface area contributed by atoms with Crippen molar-refractivity contribution in [3.8, 4) is 0 Å². The number of carbonyl (C=O) groups is 1. The summed E-state index contributed by atoms with van der Waals surface area (Å²) in [4.78, 5) is 13.7. The van der Waals surface area contributed by atoms with Gasteiger partial charge in [-0.2, -0.15) is 0 Å². The van der Waals surface area contributed by atoms with Gasteiger partial charge in [0.05, 0.1) is 0 Å². The Morgan fingerprint density at radius 1 is 1.13 bits per heavy atom. The van der Waals surface area contributed by atoms with Gasteiger partial charge in [0.2, 0.25) is 0 Å². The predicted octanol–water partition coefficient (Wildman–Crippen LogP) is 5.47. The van der Waals surface area contributed by atoms with Gasteiger partial charge in [-0.15, -0.1) is 0 Å². The van der Waals surface area contributed by atoms with Crippen LogP contribution >= 0.6 is 23.9 Å². The zero-order valence-corrected chi connectivity index (χ0v) is 19.4. The van der Waals surface area contributed by atoms with Crippen molar-refractivity contribution < 1.29 is 9.18 Å². The molecular formula is C23H30FN3OS2. The van der Waals surface area contributed by atoms with Crippen molar-refractivity contribution in [1.82, 2.24) is 9.62 Å². The van der Waals surface area contributed by atoms with E-state index in [1.807, 2.05) is 24.3 Å². The molecule has 1 amide bonds. The lowest BCUT2D eigenvalue weighted by Gasteiger charge is -2.30. The highest BCUT2D eigenvalue weighted by molar-refractivity contribution is 8.00. The van der Waals surface area contributed by atoms with E-state index in [1.54, 1.807) is 36.0 Å². The Balaban J connectivity index is 1.60. The summed E-state index contributed by atoms with van der Waals surface area (Å²) in [5, 5.41) is 3.17. The fraction of sp³-hybridized carbons (Fsp3) is 0.435. The van der Waals surface area contributed by atoms with Crippen molar-refractivity contribution in [3.63, 3.8) is 0 Å². The van der Waals surface area contributed by atoms with Crippen LogP contribution in [0.4, 0.5) is 10.1 Å². The van der Waals surface area contributed by atoms with E-state index in [0.717, 1.165) is 43.1 Å². The fourth-order valence-electron chi connectivity index (χ4n) is 3.38. The molecule has 1 saturated heterocycles. The van der Waals surface area contributed by atoms with Crippen molar-refractivity contribution in [2.75, 3.05) is 30.2 Å². The zero-order chi connectivity index (χ0) is 21.5. The number of benzene rings is 2. The Morgan fingerprint density at radius 2 is 1.77 bits per heavy atom. The fourth-order valence-corrected chi connectivity index (χ4v) is 5.07. The topological polar surface area (TPSA) is 35.6 Å². The second-order valence-corrected chi connectivity index (χ2v) is 9.88. The molecule has 0 saturated carbocycles. The maximum Gasteiger partial charge on any atom is 0.251 e. The van der Waals surface area contributed by atoms with Crippen LogP contribution in [-0.4, -0.2) is 42.1 Å². The van der Waals surface area contributed by atoms with E-state index < -0.39 is 0 Å². The van der Waals surface area contributed by atoms with Crippen LogP contribution in [0.15, 0.2) is 53.4 Å². The average Bonchev–Trinajstić information content (AvgIpc) is 2.74. The molecule has 4 nitrogen and oxygen atoms in total. The first-order valence-electron chi connectivity index (χ1n) is 10.4. The molecule has 162 valence electrons. The summed E-state index contributed by atoms with van der Waals surface area (Å²) in [5.74, 6) is 0.222. The molecule has 0 spiro atoms. The van der Waals surface area contributed by atoms with Crippen molar-refractivity contribution in [2.24, 2.45) is 5.92 Å². The number of nitrogens with zero attached hydrogens (tertiary/aromatic N) is 2. The Hall–Kier alpha value is -1.70. The zero-order valence-electron chi connectivity index (χ0n) is 17.8. The summed E-state index contributed by atoms with van der Waals surface area (Å²) < 4.78 is 17.8. The molecule has 1 aliphatic rings. The molecule has 2 aromatic rings. The summed E-state index contributed by atoms with van der Waals surface area (Å²) in [6, 6.07) is 14.5. The molecule has 3 rings (SSSR count). The van der Waals surface area contributed by atoms with Gasteiger partial charge in [0.1, 0.15) is 5.82 Å². The van der Waals surface area contributed by atoms with Crippen LogP contribution in [0.25, 0.3) is 0 Å². The number of piperidine rings is 1. The average molecular weight is 448 g/mol. The number of halogens is 1. The highest BCUT2D eigenvalue weighted by Gasteiger charge is 2.20. The van der Waals surface area contributed by atoms with Crippen LogP contribution in [0.1, 0.15) is 37.0 Å². The standard InChI is InChI=1S/C23H30FN3OS2/c1-17(2)16-27(21-8-6-19(24)7-9-21)30-22-10-4-18(5-11-22)23(28)25-20-12-14-26(29-3)15-13-20/h4-11,17,20H,12-16H2,1-3H3,(H,25,28). The van der Waals surface area contributed by atoms with Gasteiger partial charge in [0.15, 0.2) is 0 Å². The SMILES string of the molecule is CSN1CCC(NC(=O)c2ccc(SN(CC(C)C)c3ccc(F)cc3)cc2)CC1. The second kappa shape index (κ2) is 11.1. The lowest BCUT2D eigenvalue weighted by Crippen LogP contribution is -2.42. The number of rotatable bonds is 8. The predicted molar refractivity (Wildman–Crippen MR) is 126 cm³/mol. The quantitative estimate of drug-likeness (QED) is 0.543. The highest BCUT2D eigenvalue weighted by Crippen LogP contribution is 2.30. The first kappa shape index (κ1) is 23.0. The molecule has 1 N–H and O–H groups in total. The van der Waals surface area contributed by atoms with Crippen molar-refractivity contribution >= 4 is 35.5 Å². The molecule has 1 fully saturated rings. The minimum atomic E-state index is -0.234. The maximum atomic E-state index is 13.3. The number of hydrogen-bond donors (Lipinski definition) is 1. The lowest BCUT2D eigenvalue weighted by molar-refractivity contribution is 0.0924. The molecule has 0 aliphatic carbocycles. The first-order chi connectivity index (χ1) is 14.4. The molecule has 0 atom stereocenters. The van der Waals surface area contributed by atoms with E-state index in [-0.39, 0.29) is 17.8 Å². The van der Waals surface area contributed by atoms with E-state index in [4.69, 9.17) is 0 Å². The van der Waals surface area contributed by atoms with Gasteiger partial charge in [-0.05, 0) is 85.5 Å². The summed E-state index contributed by atoms with van der Waals surface area (Å²) in [6.45, 7) is 7.18. The third kappa shape index (κ3) is 6.65. The molecule has 1 heterocycles. The number of amides is 1. The molecule has 0 unspecified atom stereocenters. The summed E-state index contributed by atoms with van der Waals surface area (Å²) in [7, 11) is 0. The summed E-state index contributed by atoms with van der Waals surface area (Å²) in [5.41, 5.74) is 1.65. The van der Waals surface area contributed by atoms with E-state index >= 15 is 0 Å². The molecule has 0 bridgehead atoms. The van der Waals surface area contributed by atoms with Crippen molar-refractivity contribution in [3.05, 3.63) is 59.9 Å². The minimum absolute atomic E-state index is 0.00766. The normalized spacial score (nSPS) is 15.4. The number of carbonyl (C=O) groups excluding carboxylic acids is 1. The van der Waals surface area contributed by atoms with E-state index in [9.17, 15) is 9.18 Å². The van der Waals surface area contributed by atoms with Gasteiger partial charge < -0.3 is 9.62 Å².